The Morgan fingerprint density at radius 3 is 2.66 bits per heavy atom. The van der Waals surface area contributed by atoms with Crippen molar-refractivity contribution in [3.63, 3.8) is 0 Å². The monoisotopic (exact) mass is 507 g/mol. The number of ether oxygens (including phenoxy) is 1. The van der Waals surface area contributed by atoms with E-state index in [4.69, 9.17) is 4.74 Å². The average molecular weight is 507 g/mol. The number of halogens is 1. The van der Waals surface area contributed by atoms with Gasteiger partial charge in [-0.05, 0) is 43.5 Å². The third-order valence-electron chi connectivity index (χ3n) is 4.67. The molecular formula is C22H30IN5O. The van der Waals surface area contributed by atoms with Crippen molar-refractivity contribution in [2.75, 3.05) is 27.2 Å². The Labute approximate surface area is 189 Å². The summed E-state index contributed by atoms with van der Waals surface area (Å²) in [6.45, 7) is 3.73. The Bertz CT molecular complexity index is 905. The molecule has 0 aliphatic rings. The first-order valence-electron chi connectivity index (χ1n) is 9.71. The first-order chi connectivity index (χ1) is 13.7. The number of hydrogen-bond acceptors (Lipinski definition) is 3. The van der Waals surface area contributed by atoms with Crippen LogP contribution < -0.4 is 15.4 Å². The summed E-state index contributed by atoms with van der Waals surface area (Å²) in [5.74, 6) is 2.77. The largest absolute Gasteiger partial charge is 0.496 e. The number of hydrogen-bond donors (Lipinski definition) is 3. The van der Waals surface area contributed by atoms with E-state index in [2.05, 4.69) is 50.7 Å². The lowest BCUT2D eigenvalue weighted by atomic mass is 10.1. The molecule has 6 nitrogen and oxygen atoms in total. The van der Waals surface area contributed by atoms with E-state index in [-0.39, 0.29) is 24.0 Å². The van der Waals surface area contributed by atoms with Crippen LogP contribution in [0.3, 0.4) is 0 Å². The van der Waals surface area contributed by atoms with Gasteiger partial charge in [-0.2, -0.15) is 0 Å². The summed E-state index contributed by atoms with van der Waals surface area (Å²) in [6.07, 6.45) is 2.76. The molecule has 0 aliphatic heterocycles. The van der Waals surface area contributed by atoms with Crippen molar-refractivity contribution < 1.29 is 4.74 Å². The maximum atomic E-state index is 5.44. The molecule has 1 heterocycles. The Balaban J connectivity index is 0.00000300. The number of methoxy groups -OCH3 is 1. The molecule has 1 aromatic heterocycles. The lowest BCUT2D eigenvalue weighted by molar-refractivity contribution is 0.409. The van der Waals surface area contributed by atoms with Gasteiger partial charge >= 0.3 is 0 Å². The molecule has 0 bridgehead atoms. The zero-order chi connectivity index (χ0) is 19.8. The molecule has 156 valence electrons. The van der Waals surface area contributed by atoms with Crippen LogP contribution in [-0.2, 0) is 12.8 Å². The molecule has 7 heteroatoms. The Hall–Kier alpha value is -2.29. The van der Waals surface area contributed by atoms with E-state index in [0.29, 0.717) is 0 Å². The first kappa shape index (κ1) is 23.0. The number of para-hydroxylation sites is 2. The first-order valence-corrected chi connectivity index (χ1v) is 9.71. The summed E-state index contributed by atoms with van der Waals surface area (Å²) in [5.41, 5.74) is 4.56. The maximum absolute atomic E-state index is 5.44. The molecule has 0 atom stereocenters. The molecule has 0 saturated carbocycles. The van der Waals surface area contributed by atoms with E-state index in [1.807, 2.05) is 24.3 Å². The van der Waals surface area contributed by atoms with Crippen molar-refractivity contribution in [2.24, 2.45) is 4.99 Å². The van der Waals surface area contributed by atoms with Crippen LogP contribution in [0, 0.1) is 6.92 Å². The number of imidazole rings is 1. The fraction of sp³-hybridized carbons (Fsp3) is 0.364. The van der Waals surface area contributed by atoms with Crippen LogP contribution in [0.4, 0.5) is 0 Å². The molecular weight excluding hydrogens is 477 g/mol. The van der Waals surface area contributed by atoms with Gasteiger partial charge in [0.1, 0.15) is 11.6 Å². The van der Waals surface area contributed by atoms with Crippen molar-refractivity contribution in [3.8, 4) is 5.75 Å². The SMILES string of the molecule is CN=C(NCCCc1nc2ccccc2[nH]1)NCCc1cc(C)ccc1OC.I. The number of nitrogens with zero attached hydrogens (tertiary/aromatic N) is 2. The molecule has 0 fully saturated rings. The van der Waals surface area contributed by atoms with Gasteiger partial charge in [-0.25, -0.2) is 4.98 Å². The summed E-state index contributed by atoms with van der Waals surface area (Å²) in [6, 6.07) is 14.4. The quantitative estimate of drug-likeness (QED) is 0.188. The minimum atomic E-state index is 0. The van der Waals surface area contributed by atoms with Crippen LogP contribution in [0.2, 0.25) is 0 Å². The second kappa shape index (κ2) is 11.6. The smallest absolute Gasteiger partial charge is 0.190 e. The lowest BCUT2D eigenvalue weighted by Crippen LogP contribution is -2.38. The Morgan fingerprint density at radius 1 is 1.10 bits per heavy atom. The fourth-order valence-corrected chi connectivity index (χ4v) is 3.23. The average Bonchev–Trinajstić information content (AvgIpc) is 3.13. The summed E-state index contributed by atoms with van der Waals surface area (Å²) in [7, 11) is 3.51. The summed E-state index contributed by atoms with van der Waals surface area (Å²) < 4.78 is 5.44. The van der Waals surface area contributed by atoms with E-state index in [1.165, 1.54) is 11.1 Å². The van der Waals surface area contributed by atoms with Gasteiger partial charge in [0.05, 0.1) is 18.1 Å². The van der Waals surface area contributed by atoms with Crippen LogP contribution in [0.15, 0.2) is 47.5 Å². The van der Waals surface area contributed by atoms with Crippen LogP contribution in [0.1, 0.15) is 23.4 Å². The maximum Gasteiger partial charge on any atom is 0.190 e. The Morgan fingerprint density at radius 2 is 1.90 bits per heavy atom. The van der Waals surface area contributed by atoms with Crippen LogP contribution in [0.25, 0.3) is 11.0 Å². The minimum absolute atomic E-state index is 0. The van der Waals surface area contributed by atoms with Crippen molar-refractivity contribution >= 4 is 41.0 Å². The number of guanidine groups is 1. The lowest BCUT2D eigenvalue weighted by Gasteiger charge is -2.13. The van der Waals surface area contributed by atoms with E-state index < -0.39 is 0 Å². The molecule has 0 radical (unpaired) electrons. The van der Waals surface area contributed by atoms with Gasteiger partial charge in [0.15, 0.2) is 5.96 Å². The second-order valence-electron chi connectivity index (χ2n) is 6.80. The minimum Gasteiger partial charge on any atom is -0.496 e. The molecule has 3 aromatic rings. The summed E-state index contributed by atoms with van der Waals surface area (Å²) >= 11 is 0. The number of aromatic amines is 1. The van der Waals surface area contributed by atoms with Gasteiger partial charge in [0.2, 0.25) is 0 Å². The second-order valence-corrected chi connectivity index (χ2v) is 6.80. The zero-order valence-corrected chi connectivity index (χ0v) is 19.6. The highest BCUT2D eigenvalue weighted by molar-refractivity contribution is 14.0. The predicted octanol–water partition coefficient (Wildman–Crippen LogP) is 3.84. The summed E-state index contributed by atoms with van der Waals surface area (Å²) in [5, 5.41) is 6.73. The zero-order valence-electron chi connectivity index (χ0n) is 17.3. The number of rotatable bonds is 8. The number of aryl methyl sites for hydroxylation is 2. The van der Waals surface area contributed by atoms with E-state index in [0.717, 1.165) is 60.9 Å². The van der Waals surface area contributed by atoms with Gasteiger partial charge in [0, 0.05) is 26.6 Å². The standard InChI is InChI=1S/C22H29N5O.HI/c1-16-10-11-20(28-3)17(15-16)12-14-25-22(23-2)24-13-6-9-21-26-18-7-4-5-8-19(18)27-21;/h4-5,7-8,10-11,15H,6,9,12-14H2,1-3H3,(H,26,27)(H2,23,24,25);1H. The van der Waals surface area contributed by atoms with Gasteiger partial charge in [0.25, 0.3) is 0 Å². The van der Waals surface area contributed by atoms with Gasteiger partial charge in [-0.15, -0.1) is 24.0 Å². The van der Waals surface area contributed by atoms with E-state index in [1.54, 1.807) is 14.2 Å². The molecule has 2 aromatic carbocycles. The van der Waals surface area contributed by atoms with Crippen molar-refractivity contribution in [1.82, 2.24) is 20.6 Å². The molecule has 0 aliphatic carbocycles. The third-order valence-corrected chi connectivity index (χ3v) is 4.67. The number of aliphatic imine (C=N–C) groups is 1. The molecule has 3 rings (SSSR count). The number of fused-ring (bicyclic) bond motifs is 1. The normalized spacial score (nSPS) is 11.2. The van der Waals surface area contributed by atoms with Crippen molar-refractivity contribution in [3.05, 3.63) is 59.4 Å². The van der Waals surface area contributed by atoms with Crippen molar-refractivity contribution in [1.29, 1.82) is 0 Å². The van der Waals surface area contributed by atoms with E-state index >= 15 is 0 Å². The highest BCUT2D eigenvalue weighted by atomic mass is 127. The molecule has 3 N–H and O–H groups in total. The number of aromatic nitrogens is 2. The highest BCUT2D eigenvalue weighted by Gasteiger charge is 2.05. The molecule has 0 spiro atoms. The molecule has 0 amide bonds. The Kier molecular flexibility index (Phi) is 9.24. The molecule has 0 unspecified atom stereocenters. The van der Waals surface area contributed by atoms with Crippen molar-refractivity contribution in [2.45, 2.75) is 26.2 Å². The van der Waals surface area contributed by atoms with Gasteiger partial charge in [-0.3, -0.25) is 4.99 Å². The topological polar surface area (TPSA) is 74.3 Å². The third kappa shape index (κ3) is 6.62. The summed E-state index contributed by atoms with van der Waals surface area (Å²) in [4.78, 5) is 12.3. The number of nitrogens with one attached hydrogen (secondary N) is 3. The van der Waals surface area contributed by atoms with E-state index in [9.17, 15) is 0 Å². The van der Waals surface area contributed by atoms with Crippen LogP contribution in [-0.4, -0.2) is 43.2 Å². The highest BCUT2D eigenvalue weighted by Crippen LogP contribution is 2.19. The van der Waals surface area contributed by atoms with Gasteiger partial charge < -0.3 is 20.4 Å². The molecule has 0 saturated heterocycles. The fourth-order valence-electron chi connectivity index (χ4n) is 3.23. The molecule has 29 heavy (non-hydrogen) atoms. The predicted molar refractivity (Wildman–Crippen MR) is 131 cm³/mol. The number of H-pyrrole nitrogens is 1. The van der Waals surface area contributed by atoms with Crippen LogP contribution >= 0.6 is 24.0 Å². The van der Waals surface area contributed by atoms with Gasteiger partial charge in [-0.1, -0.05) is 29.8 Å². The van der Waals surface area contributed by atoms with Crippen LogP contribution in [0.5, 0.6) is 5.75 Å². The number of benzene rings is 2.